The maximum Gasteiger partial charge on any atom is 0.0703 e. The molecule has 0 radical (unpaired) electrons. The van der Waals surface area contributed by atoms with Crippen molar-refractivity contribution in [2.75, 3.05) is 5.73 Å². The van der Waals surface area contributed by atoms with Crippen LogP contribution in [0.15, 0.2) is 29.2 Å². The van der Waals surface area contributed by atoms with Crippen molar-refractivity contribution >= 4 is 16.5 Å². The standard InChI is InChI=1S/C14H19N3OS/c1-4-17-12(8-11(3)16-17)9-19(18)13-7-5-6-10(2)14(13)15/h5-8H,4,9,15H2,1-3H3. The molecule has 0 aliphatic rings. The zero-order chi connectivity index (χ0) is 14.0. The number of benzene rings is 1. The zero-order valence-electron chi connectivity index (χ0n) is 11.5. The number of nitrogens with two attached hydrogens (primary N) is 1. The Morgan fingerprint density at radius 2 is 2.11 bits per heavy atom. The van der Waals surface area contributed by atoms with E-state index >= 15 is 0 Å². The van der Waals surface area contributed by atoms with Gasteiger partial charge in [0.25, 0.3) is 0 Å². The molecule has 0 bridgehead atoms. The Kier molecular flexibility index (Phi) is 4.04. The molecule has 1 aromatic heterocycles. The Hall–Kier alpha value is -1.62. The predicted octanol–water partition coefficient (Wildman–Crippen LogP) is 2.41. The molecule has 1 unspecified atom stereocenters. The van der Waals surface area contributed by atoms with Crippen molar-refractivity contribution in [2.24, 2.45) is 0 Å². The normalized spacial score (nSPS) is 12.6. The highest BCUT2D eigenvalue weighted by Gasteiger charge is 2.13. The Bertz CT molecular complexity index is 619. The molecule has 1 aromatic carbocycles. The van der Waals surface area contributed by atoms with E-state index in [9.17, 15) is 4.21 Å². The molecule has 0 saturated heterocycles. The van der Waals surface area contributed by atoms with Crippen LogP contribution in [-0.4, -0.2) is 14.0 Å². The number of para-hydroxylation sites is 1. The van der Waals surface area contributed by atoms with E-state index in [1.165, 1.54) is 0 Å². The van der Waals surface area contributed by atoms with E-state index in [1.54, 1.807) is 0 Å². The summed E-state index contributed by atoms with van der Waals surface area (Å²) in [4.78, 5) is 0.710. The van der Waals surface area contributed by atoms with Crippen LogP contribution in [-0.2, 0) is 23.1 Å². The molecule has 0 fully saturated rings. The first-order chi connectivity index (χ1) is 9.02. The maximum absolute atomic E-state index is 12.5. The monoisotopic (exact) mass is 277 g/mol. The molecule has 0 aliphatic heterocycles. The Morgan fingerprint density at radius 3 is 2.79 bits per heavy atom. The topological polar surface area (TPSA) is 60.9 Å². The minimum absolute atomic E-state index is 0.447. The van der Waals surface area contributed by atoms with Gasteiger partial charge in [-0.3, -0.25) is 8.89 Å². The molecule has 2 aromatic rings. The van der Waals surface area contributed by atoms with Crippen molar-refractivity contribution in [3.05, 3.63) is 41.2 Å². The van der Waals surface area contributed by atoms with Crippen LogP contribution < -0.4 is 5.73 Å². The van der Waals surface area contributed by atoms with E-state index in [0.29, 0.717) is 16.3 Å². The van der Waals surface area contributed by atoms with Gasteiger partial charge < -0.3 is 5.73 Å². The number of anilines is 1. The van der Waals surface area contributed by atoms with Crippen LogP contribution in [0.4, 0.5) is 5.69 Å². The van der Waals surface area contributed by atoms with E-state index in [1.807, 2.05) is 49.7 Å². The van der Waals surface area contributed by atoms with Crippen LogP contribution >= 0.6 is 0 Å². The summed E-state index contributed by atoms with van der Waals surface area (Å²) in [7, 11) is -1.14. The minimum atomic E-state index is -1.14. The molecule has 5 heteroatoms. The Labute approximate surface area is 116 Å². The first-order valence-corrected chi connectivity index (χ1v) is 7.61. The average molecular weight is 277 g/mol. The van der Waals surface area contributed by atoms with Gasteiger partial charge in [0.05, 0.1) is 38.5 Å². The minimum Gasteiger partial charge on any atom is -0.398 e. The van der Waals surface area contributed by atoms with Gasteiger partial charge in [-0.15, -0.1) is 0 Å². The first kappa shape index (κ1) is 13.8. The average Bonchev–Trinajstić information content (AvgIpc) is 2.72. The fourth-order valence-corrected chi connectivity index (χ4v) is 3.35. The zero-order valence-corrected chi connectivity index (χ0v) is 12.3. The van der Waals surface area contributed by atoms with E-state index in [0.717, 1.165) is 23.5 Å². The molecule has 0 amide bonds. The molecule has 0 saturated carbocycles. The molecule has 2 rings (SSSR count). The number of nitrogens with zero attached hydrogens (tertiary/aromatic N) is 2. The first-order valence-electron chi connectivity index (χ1n) is 6.29. The summed E-state index contributed by atoms with van der Waals surface area (Å²) in [5.41, 5.74) is 9.52. The largest absolute Gasteiger partial charge is 0.398 e. The van der Waals surface area contributed by atoms with E-state index < -0.39 is 10.8 Å². The van der Waals surface area contributed by atoms with Gasteiger partial charge in [0.1, 0.15) is 0 Å². The lowest BCUT2D eigenvalue weighted by atomic mass is 10.2. The van der Waals surface area contributed by atoms with Crippen molar-refractivity contribution in [3.63, 3.8) is 0 Å². The second-order valence-electron chi connectivity index (χ2n) is 4.57. The van der Waals surface area contributed by atoms with Crippen LogP contribution in [0, 0.1) is 13.8 Å². The van der Waals surface area contributed by atoms with Crippen LogP contribution in [0.3, 0.4) is 0 Å². The van der Waals surface area contributed by atoms with Crippen molar-refractivity contribution in [1.82, 2.24) is 9.78 Å². The highest BCUT2D eigenvalue weighted by Crippen LogP contribution is 2.22. The fourth-order valence-electron chi connectivity index (χ4n) is 2.05. The molecule has 2 N–H and O–H groups in total. The van der Waals surface area contributed by atoms with E-state index in [2.05, 4.69) is 5.10 Å². The van der Waals surface area contributed by atoms with Crippen LogP contribution in [0.2, 0.25) is 0 Å². The van der Waals surface area contributed by atoms with Gasteiger partial charge in [0.2, 0.25) is 0 Å². The Morgan fingerprint density at radius 1 is 1.37 bits per heavy atom. The van der Waals surface area contributed by atoms with Gasteiger partial charge >= 0.3 is 0 Å². The number of hydrogen-bond acceptors (Lipinski definition) is 3. The quantitative estimate of drug-likeness (QED) is 0.873. The van der Waals surface area contributed by atoms with E-state index in [4.69, 9.17) is 5.73 Å². The van der Waals surface area contributed by atoms with Crippen molar-refractivity contribution in [1.29, 1.82) is 0 Å². The predicted molar refractivity (Wildman–Crippen MR) is 78.3 cm³/mol. The summed E-state index contributed by atoms with van der Waals surface area (Å²) in [6.45, 7) is 6.68. The SMILES string of the molecule is CCn1nc(C)cc1CS(=O)c1cccc(C)c1N. The molecule has 102 valence electrons. The van der Waals surface area contributed by atoms with Gasteiger partial charge in [-0.25, -0.2) is 0 Å². The van der Waals surface area contributed by atoms with Gasteiger partial charge in [-0.1, -0.05) is 12.1 Å². The van der Waals surface area contributed by atoms with Crippen LogP contribution in [0.5, 0.6) is 0 Å². The van der Waals surface area contributed by atoms with Gasteiger partial charge in [0, 0.05) is 6.54 Å². The molecule has 4 nitrogen and oxygen atoms in total. The van der Waals surface area contributed by atoms with Gasteiger partial charge in [-0.05, 0) is 38.5 Å². The number of hydrogen-bond donors (Lipinski definition) is 1. The highest BCUT2D eigenvalue weighted by atomic mass is 32.2. The lowest BCUT2D eigenvalue weighted by molar-refractivity contribution is 0.627. The van der Waals surface area contributed by atoms with Crippen LogP contribution in [0.1, 0.15) is 23.9 Å². The summed E-state index contributed by atoms with van der Waals surface area (Å²) >= 11 is 0. The molecule has 19 heavy (non-hydrogen) atoms. The number of nitrogen functional groups attached to an aromatic ring is 1. The molecule has 0 spiro atoms. The summed E-state index contributed by atoms with van der Waals surface area (Å²) in [5, 5.41) is 4.37. The lowest BCUT2D eigenvalue weighted by Crippen LogP contribution is -2.07. The third kappa shape index (κ3) is 2.87. The summed E-state index contributed by atoms with van der Waals surface area (Å²) in [6.07, 6.45) is 0. The molecule has 0 aliphatic carbocycles. The molecule has 1 heterocycles. The third-order valence-electron chi connectivity index (χ3n) is 3.09. The number of rotatable bonds is 4. The van der Waals surface area contributed by atoms with Crippen LogP contribution in [0.25, 0.3) is 0 Å². The van der Waals surface area contributed by atoms with Crippen molar-refractivity contribution in [3.8, 4) is 0 Å². The molecular weight excluding hydrogens is 258 g/mol. The number of aryl methyl sites for hydroxylation is 3. The molecule has 1 atom stereocenters. The van der Waals surface area contributed by atoms with Gasteiger partial charge in [-0.2, -0.15) is 5.10 Å². The summed E-state index contributed by atoms with van der Waals surface area (Å²) < 4.78 is 14.3. The van der Waals surface area contributed by atoms with Crippen molar-refractivity contribution in [2.45, 2.75) is 38.0 Å². The van der Waals surface area contributed by atoms with Gasteiger partial charge in [0.15, 0.2) is 0 Å². The molecular formula is C14H19N3OS. The second-order valence-corrected chi connectivity index (χ2v) is 5.99. The highest BCUT2D eigenvalue weighted by molar-refractivity contribution is 7.84. The smallest absolute Gasteiger partial charge is 0.0703 e. The number of aromatic nitrogens is 2. The second kappa shape index (κ2) is 5.57. The summed E-state index contributed by atoms with van der Waals surface area (Å²) in [5.74, 6) is 0.447. The summed E-state index contributed by atoms with van der Waals surface area (Å²) in [6, 6.07) is 7.63. The van der Waals surface area contributed by atoms with E-state index in [-0.39, 0.29) is 0 Å². The van der Waals surface area contributed by atoms with Crippen molar-refractivity contribution < 1.29 is 4.21 Å². The fraction of sp³-hybridized carbons (Fsp3) is 0.357. The third-order valence-corrected chi connectivity index (χ3v) is 4.50. The maximum atomic E-state index is 12.5. The lowest BCUT2D eigenvalue weighted by Gasteiger charge is -2.09. The Balaban J connectivity index is 2.28.